The van der Waals surface area contributed by atoms with Crippen LogP contribution in [-0.4, -0.2) is 29.0 Å². The maximum atomic E-state index is 13.6. The number of allylic oxidation sites excluding steroid dienone is 1. The van der Waals surface area contributed by atoms with Crippen LogP contribution in [0.4, 0.5) is 10.1 Å². The number of hydrogen-bond donors (Lipinski definition) is 2. The summed E-state index contributed by atoms with van der Waals surface area (Å²) >= 11 is 0. The first kappa shape index (κ1) is 27.1. The molecule has 0 saturated carbocycles. The van der Waals surface area contributed by atoms with E-state index in [1.165, 1.54) is 41.5 Å². The predicted octanol–water partition coefficient (Wildman–Crippen LogP) is 7.06. The van der Waals surface area contributed by atoms with E-state index in [2.05, 4.69) is 18.7 Å². The van der Waals surface area contributed by atoms with Gasteiger partial charge in [-0.25, -0.2) is 9.18 Å². The number of hydrogen-bond acceptors (Lipinski definition) is 4. The molecule has 38 heavy (non-hydrogen) atoms. The number of carbonyl (C=O) groups is 2. The van der Waals surface area contributed by atoms with Crippen molar-refractivity contribution in [3.63, 3.8) is 0 Å². The van der Waals surface area contributed by atoms with Crippen LogP contribution in [0, 0.1) is 25.6 Å². The van der Waals surface area contributed by atoms with Crippen LogP contribution in [0.2, 0.25) is 0 Å². The Morgan fingerprint density at radius 2 is 1.76 bits per heavy atom. The second kappa shape index (κ2) is 10.8. The molecule has 0 heterocycles. The second-order valence-electron chi connectivity index (χ2n) is 10.4. The van der Waals surface area contributed by atoms with Gasteiger partial charge in [0, 0.05) is 24.8 Å². The summed E-state index contributed by atoms with van der Waals surface area (Å²) in [6.45, 7) is 9.12. The van der Waals surface area contributed by atoms with Gasteiger partial charge in [0.15, 0.2) is 5.78 Å². The lowest BCUT2D eigenvalue weighted by Crippen LogP contribution is -2.27. The lowest BCUT2D eigenvalue weighted by molar-refractivity contribution is 0.0693. The van der Waals surface area contributed by atoms with Crippen LogP contribution in [0.3, 0.4) is 0 Å². The Morgan fingerprint density at radius 3 is 2.39 bits per heavy atom. The molecule has 0 aromatic heterocycles. The summed E-state index contributed by atoms with van der Waals surface area (Å²) in [5.74, 6) is -1.13. The zero-order valence-corrected chi connectivity index (χ0v) is 22.5. The monoisotopic (exact) mass is 515 g/mol. The summed E-state index contributed by atoms with van der Waals surface area (Å²) in [6, 6.07) is 10.7. The molecule has 0 aliphatic heterocycles. The Balaban J connectivity index is 1.77. The molecular formula is C32H34FNO4. The van der Waals surface area contributed by atoms with E-state index in [-0.39, 0.29) is 22.9 Å². The number of nitrogens with zero attached hydrogens (tertiary/aromatic N) is 1. The fourth-order valence-corrected chi connectivity index (χ4v) is 5.71. The van der Waals surface area contributed by atoms with Gasteiger partial charge in [0.25, 0.3) is 0 Å². The van der Waals surface area contributed by atoms with E-state index >= 15 is 0 Å². The number of fused-ring (bicyclic) bond motifs is 1. The van der Waals surface area contributed by atoms with Gasteiger partial charge in [-0.3, -0.25) is 4.79 Å². The van der Waals surface area contributed by atoms with E-state index in [0.29, 0.717) is 29.5 Å². The molecule has 3 aromatic carbocycles. The number of phenols is 1. The van der Waals surface area contributed by atoms with Crippen molar-refractivity contribution in [1.29, 1.82) is 0 Å². The topological polar surface area (TPSA) is 77.8 Å². The lowest BCUT2D eigenvalue weighted by Gasteiger charge is -2.37. The normalized spacial score (nSPS) is 16.9. The first-order valence-corrected chi connectivity index (χ1v) is 12.9. The number of ketones is 1. The molecule has 4 rings (SSSR count). The van der Waals surface area contributed by atoms with Crippen molar-refractivity contribution >= 4 is 23.5 Å². The minimum absolute atomic E-state index is 0.146. The van der Waals surface area contributed by atoms with E-state index in [9.17, 15) is 19.1 Å². The number of carboxylic acids is 1. The molecule has 2 N–H and O–H groups in total. The van der Waals surface area contributed by atoms with Gasteiger partial charge in [-0.05, 0) is 102 Å². The second-order valence-corrected chi connectivity index (χ2v) is 10.4. The molecule has 0 bridgehead atoms. The number of rotatable bonds is 7. The van der Waals surface area contributed by atoms with Crippen LogP contribution in [0.25, 0.3) is 6.08 Å². The number of aromatic carboxylic acids is 1. The molecular weight excluding hydrogens is 481 g/mol. The summed E-state index contributed by atoms with van der Waals surface area (Å²) in [5.41, 5.74) is 7.46. The molecule has 1 aliphatic rings. The SMILES string of the molecule is Cc1c2c(c(N(C)Cc3ccc(F)cc3)c(C)c1C(=O)C=Cc1ccc(C(=O)O)c(O)c1)C(C)C(C)CC2. The van der Waals surface area contributed by atoms with Crippen LogP contribution in [-0.2, 0) is 13.0 Å². The highest BCUT2D eigenvalue weighted by Gasteiger charge is 2.32. The third kappa shape index (κ3) is 5.21. The molecule has 6 heteroatoms. The lowest BCUT2D eigenvalue weighted by atomic mass is 9.72. The van der Waals surface area contributed by atoms with Crippen LogP contribution >= 0.6 is 0 Å². The van der Waals surface area contributed by atoms with Crippen molar-refractivity contribution in [2.75, 3.05) is 11.9 Å². The van der Waals surface area contributed by atoms with Crippen molar-refractivity contribution < 1.29 is 24.2 Å². The molecule has 0 amide bonds. The summed E-state index contributed by atoms with van der Waals surface area (Å²) in [6.07, 6.45) is 5.03. The van der Waals surface area contributed by atoms with Crippen molar-refractivity contribution in [1.82, 2.24) is 0 Å². The maximum absolute atomic E-state index is 13.6. The number of halogens is 1. The van der Waals surface area contributed by atoms with E-state index in [1.54, 1.807) is 24.3 Å². The largest absolute Gasteiger partial charge is 0.507 e. The minimum atomic E-state index is -1.21. The van der Waals surface area contributed by atoms with Crippen molar-refractivity contribution in [2.45, 2.75) is 53.0 Å². The molecule has 3 aromatic rings. The summed E-state index contributed by atoms with van der Waals surface area (Å²) in [5, 5.41) is 19.2. The molecule has 1 aliphatic carbocycles. The van der Waals surface area contributed by atoms with Gasteiger partial charge in [0.2, 0.25) is 0 Å². The van der Waals surface area contributed by atoms with E-state index in [0.717, 1.165) is 35.2 Å². The molecule has 198 valence electrons. The average Bonchev–Trinajstić information content (AvgIpc) is 2.86. The molecule has 0 fully saturated rings. The average molecular weight is 516 g/mol. The highest BCUT2D eigenvalue weighted by Crippen LogP contribution is 2.46. The fourth-order valence-electron chi connectivity index (χ4n) is 5.71. The van der Waals surface area contributed by atoms with Crippen molar-refractivity contribution in [3.8, 4) is 5.75 Å². The number of carboxylic acid groups (broad SMARTS) is 1. The molecule has 0 saturated heterocycles. The van der Waals surface area contributed by atoms with Gasteiger partial charge < -0.3 is 15.1 Å². The van der Waals surface area contributed by atoms with Gasteiger partial charge in [-0.2, -0.15) is 0 Å². The predicted molar refractivity (Wildman–Crippen MR) is 149 cm³/mol. The molecule has 0 spiro atoms. The first-order valence-electron chi connectivity index (χ1n) is 12.9. The van der Waals surface area contributed by atoms with Gasteiger partial charge in [-0.1, -0.05) is 38.1 Å². The summed E-state index contributed by atoms with van der Waals surface area (Å²) in [7, 11) is 2.02. The first-order chi connectivity index (χ1) is 18.0. The van der Waals surface area contributed by atoms with Crippen molar-refractivity contribution in [3.05, 3.63) is 98.9 Å². The zero-order chi connectivity index (χ0) is 27.7. The van der Waals surface area contributed by atoms with Crippen LogP contribution in [0.5, 0.6) is 5.75 Å². The number of anilines is 1. The number of benzene rings is 3. The highest BCUT2D eigenvalue weighted by atomic mass is 19.1. The van der Waals surface area contributed by atoms with Crippen LogP contribution < -0.4 is 4.90 Å². The van der Waals surface area contributed by atoms with Crippen LogP contribution in [0.1, 0.15) is 80.3 Å². The quantitative estimate of drug-likeness (QED) is 0.260. The van der Waals surface area contributed by atoms with Gasteiger partial charge in [0.05, 0.1) is 0 Å². The zero-order valence-electron chi connectivity index (χ0n) is 22.5. The van der Waals surface area contributed by atoms with Gasteiger partial charge >= 0.3 is 5.97 Å². The molecule has 2 unspecified atom stereocenters. The third-order valence-corrected chi connectivity index (χ3v) is 7.94. The van der Waals surface area contributed by atoms with Crippen molar-refractivity contribution in [2.24, 2.45) is 5.92 Å². The number of aromatic hydroxyl groups is 1. The van der Waals surface area contributed by atoms with Gasteiger partial charge in [0.1, 0.15) is 17.1 Å². The molecule has 0 radical (unpaired) electrons. The maximum Gasteiger partial charge on any atom is 0.339 e. The Kier molecular flexibility index (Phi) is 7.72. The standard InChI is InChI=1S/C32H34FNO4/c1-18-6-13-25-20(3)29(27(35)15-10-22-9-14-26(32(37)38)28(36)16-22)21(4)31(30(25)19(18)2)34(5)17-23-7-11-24(33)12-8-23/h7-12,14-16,18-19,36H,6,13,17H2,1-5H3,(H,37,38). The van der Waals surface area contributed by atoms with E-state index in [1.807, 2.05) is 20.9 Å². The third-order valence-electron chi connectivity index (χ3n) is 7.94. The Morgan fingerprint density at radius 1 is 1.08 bits per heavy atom. The smallest absolute Gasteiger partial charge is 0.339 e. The Labute approximate surface area is 223 Å². The van der Waals surface area contributed by atoms with Gasteiger partial charge in [-0.15, -0.1) is 0 Å². The Hall–Kier alpha value is -3.93. The molecule has 5 nitrogen and oxygen atoms in total. The fraction of sp³-hybridized carbons (Fsp3) is 0.312. The van der Waals surface area contributed by atoms with E-state index in [4.69, 9.17) is 5.11 Å². The number of carbonyl (C=O) groups excluding carboxylic acids is 1. The minimum Gasteiger partial charge on any atom is -0.507 e. The Bertz CT molecular complexity index is 1420. The summed E-state index contributed by atoms with van der Waals surface area (Å²) in [4.78, 5) is 27.0. The van der Waals surface area contributed by atoms with Crippen LogP contribution in [0.15, 0.2) is 48.5 Å². The van der Waals surface area contributed by atoms with E-state index < -0.39 is 5.97 Å². The molecule has 2 atom stereocenters. The highest BCUT2D eigenvalue weighted by molar-refractivity contribution is 6.10. The summed E-state index contributed by atoms with van der Waals surface area (Å²) < 4.78 is 13.5.